The van der Waals surface area contributed by atoms with Crippen LogP contribution in [-0.2, 0) is 28.7 Å². The highest BCUT2D eigenvalue weighted by atomic mass is 35.5. The molecule has 16 heteroatoms. The number of halogens is 4. The molecule has 2 aromatic carbocycles. The Bertz CT molecular complexity index is 2250. The van der Waals surface area contributed by atoms with Gasteiger partial charge in [0.1, 0.15) is 12.2 Å². The summed E-state index contributed by atoms with van der Waals surface area (Å²) in [6.07, 6.45) is -0.243. The summed E-state index contributed by atoms with van der Waals surface area (Å²) in [5.74, 6) is -0.300. The summed E-state index contributed by atoms with van der Waals surface area (Å²) in [5.41, 5.74) is 1.38. The second-order valence-corrected chi connectivity index (χ2v) is 12.5. The molecule has 1 N–H and O–H groups in total. The van der Waals surface area contributed by atoms with Crippen LogP contribution in [0.1, 0.15) is 40.8 Å². The standard InChI is InChI=1S/C35H32ClF3N8O4/c1-2-27-30(44-13-15-45(16-14-44)32(49)24-7-3-5-21-6-4-12-40-29(21)24)33(50)47-34(42-31(43-47)22-10-17-51-18-11-22)46(27)20-28(48)41-26-9-8-23(19-25(26)36)35(37,38)39/h3-10,12,19H,2,11,13-18,20H2,1H3,(H,41,48). The Kier molecular flexibility index (Phi) is 9.25. The van der Waals surface area contributed by atoms with Gasteiger partial charge in [-0.1, -0.05) is 42.8 Å². The second-order valence-electron chi connectivity index (χ2n) is 12.1. The molecule has 51 heavy (non-hydrogen) atoms. The first-order valence-corrected chi connectivity index (χ1v) is 16.8. The molecular formula is C35H32ClF3N8O4. The number of para-hydroxylation sites is 1. The number of hydrogen-bond acceptors (Lipinski definition) is 8. The van der Waals surface area contributed by atoms with Crippen molar-refractivity contribution in [3.63, 3.8) is 0 Å². The van der Waals surface area contributed by atoms with Crippen molar-refractivity contribution in [1.29, 1.82) is 0 Å². The number of alkyl halides is 3. The Labute approximate surface area is 294 Å². The minimum Gasteiger partial charge on any atom is -0.377 e. The third-order valence-corrected chi connectivity index (χ3v) is 9.34. The number of piperazine rings is 1. The van der Waals surface area contributed by atoms with Crippen molar-refractivity contribution in [2.75, 3.05) is 49.6 Å². The van der Waals surface area contributed by atoms with Crippen LogP contribution in [0, 0.1) is 0 Å². The lowest BCUT2D eigenvalue weighted by atomic mass is 10.1. The van der Waals surface area contributed by atoms with Crippen LogP contribution in [0.2, 0.25) is 5.02 Å². The molecule has 5 aromatic rings. The maximum absolute atomic E-state index is 14.2. The Morgan fingerprint density at radius 3 is 2.55 bits per heavy atom. The summed E-state index contributed by atoms with van der Waals surface area (Å²) in [5, 5.41) is 7.75. The Morgan fingerprint density at radius 1 is 1.06 bits per heavy atom. The average molecular weight is 721 g/mol. The summed E-state index contributed by atoms with van der Waals surface area (Å²) in [6, 6.07) is 11.9. The van der Waals surface area contributed by atoms with Crippen molar-refractivity contribution in [2.24, 2.45) is 0 Å². The molecular weight excluding hydrogens is 689 g/mol. The highest BCUT2D eigenvalue weighted by Gasteiger charge is 2.32. The zero-order valence-corrected chi connectivity index (χ0v) is 28.2. The Balaban J connectivity index is 1.22. The highest BCUT2D eigenvalue weighted by molar-refractivity contribution is 6.33. The first-order valence-electron chi connectivity index (χ1n) is 16.4. The van der Waals surface area contributed by atoms with E-state index in [1.165, 1.54) is 4.52 Å². The first-order chi connectivity index (χ1) is 24.5. The molecule has 5 heterocycles. The normalized spacial score (nSPS) is 15.4. The van der Waals surface area contributed by atoms with E-state index in [-0.39, 0.29) is 28.9 Å². The Hall–Kier alpha value is -5.28. The molecule has 2 aliphatic rings. The van der Waals surface area contributed by atoms with E-state index in [0.29, 0.717) is 80.5 Å². The van der Waals surface area contributed by atoms with Crippen LogP contribution in [0.3, 0.4) is 0 Å². The molecule has 0 aliphatic carbocycles. The molecule has 1 saturated heterocycles. The number of hydrogen-bond donors (Lipinski definition) is 1. The molecule has 2 amide bonds. The monoisotopic (exact) mass is 720 g/mol. The van der Waals surface area contributed by atoms with E-state index in [9.17, 15) is 27.6 Å². The largest absolute Gasteiger partial charge is 0.416 e. The fourth-order valence-electron chi connectivity index (χ4n) is 6.50. The van der Waals surface area contributed by atoms with Crippen molar-refractivity contribution in [2.45, 2.75) is 32.5 Å². The van der Waals surface area contributed by atoms with Gasteiger partial charge in [0.25, 0.3) is 11.5 Å². The topological polar surface area (TPSA) is 127 Å². The molecule has 2 aliphatic heterocycles. The van der Waals surface area contributed by atoms with Gasteiger partial charge in [-0.2, -0.15) is 22.7 Å². The third-order valence-electron chi connectivity index (χ3n) is 9.03. The Morgan fingerprint density at radius 2 is 1.84 bits per heavy atom. The van der Waals surface area contributed by atoms with E-state index >= 15 is 0 Å². The first kappa shape index (κ1) is 34.2. The van der Waals surface area contributed by atoms with Crippen LogP contribution >= 0.6 is 11.6 Å². The molecule has 264 valence electrons. The molecule has 0 bridgehead atoms. The fraction of sp³-hybridized carbons (Fsp3) is 0.314. The smallest absolute Gasteiger partial charge is 0.377 e. The molecule has 3 aromatic heterocycles. The number of nitrogens with zero attached hydrogens (tertiary/aromatic N) is 7. The van der Waals surface area contributed by atoms with E-state index in [0.717, 1.165) is 29.2 Å². The maximum Gasteiger partial charge on any atom is 0.416 e. The van der Waals surface area contributed by atoms with E-state index in [1.54, 1.807) is 21.7 Å². The van der Waals surface area contributed by atoms with Gasteiger partial charge in [-0.25, -0.2) is 0 Å². The lowest BCUT2D eigenvalue weighted by molar-refractivity contribution is -0.137. The average Bonchev–Trinajstić information content (AvgIpc) is 3.59. The van der Waals surface area contributed by atoms with Gasteiger partial charge in [0.15, 0.2) is 5.82 Å². The molecule has 12 nitrogen and oxygen atoms in total. The number of pyridine rings is 1. The molecule has 7 rings (SSSR count). The van der Waals surface area contributed by atoms with Crippen LogP contribution in [0.5, 0.6) is 0 Å². The van der Waals surface area contributed by atoms with Crippen LogP contribution in [-0.4, -0.2) is 80.3 Å². The van der Waals surface area contributed by atoms with E-state index in [4.69, 9.17) is 16.3 Å². The molecule has 0 spiro atoms. The van der Waals surface area contributed by atoms with Gasteiger partial charge in [-0.3, -0.25) is 19.4 Å². The predicted molar refractivity (Wildman–Crippen MR) is 185 cm³/mol. The summed E-state index contributed by atoms with van der Waals surface area (Å²) in [7, 11) is 0. The molecule has 0 saturated carbocycles. The van der Waals surface area contributed by atoms with Crippen molar-refractivity contribution in [3.05, 3.63) is 98.8 Å². The van der Waals surface area contributed by atoms with Gasteiger partial charge in [-0.15, -0.1) is 5.10 Å². The van der Waals surface area contributed by atoms with Gasteiger partial charge in [0.05, 0.1) is 46.3 Å². The van der Waals surface area contributed by atoms with Gasteiger partial charge in [0.2, 0.25) is 11.7 Å². The molecule has 0 atom stereocenters. The number of ether oxygens (including phenoxy) is 1. The number of carbonyl (C=O) groups excluding carboxylic acids is 2. The van der Waals surface area contributed by atoms with Gasteiger partial charge in [-0.05, 0) is 48.7 Å². The second kappa shape index (κ2) is 13.8. The number of anilines is 2. The van der Waals surface area contributed by atoms with Gasteiger partial charge >= 0.3 is 6.18 Å². The third kappa shape index (κ3) is 6.66. The SMILES string of the molecule is CCc1c(N2CCN(C(=O)c3cccc4cccnc34)CC2)c(=O)n2nc(C3=CCOCC3)nc2n1CC(=O)Nc1ccc(C(F)(F)F)cc1Cl. The fourth-order valence-corrected chi connectivity index (χ4v) is 6.73. The maximum atomic E-state index is 14.2. The van der Waals surface area contributed by atoms with Crippen LogP contribution in [0.15, 0.2) is 65.6 Å². The molecule has 0 unspecified atom stereocenters. The molecule has 1 fully saturated rings. The zero-order valence-electron chi connectivity index (χ0n) is 27.4. The number of benzene rings is 2. The highest BCUT2D eigenvalue weighted by Crippen LogP contribution is 2.34. The summed E-state index contributed by atoms with van der Waals surface area (Å²) >= 11 is 6.13. The summed E-state index contributed by atoms with van der Waals surface area (Å²) in [4.78, 5) is 54.1. The number of carbonyl (C=O) groups is 2. The van der Waals surface area contributed by atoms with Crippen LogP contribution in [0.25, 0.3) is 22.3 Å². The number of rotatable bonds is 7. The quantitative estimate of drug-likeness (QED) is 0.247. The minimum atomic E-state index is -4.60. The van der Waals surface area contributed by atoms with Crippen molar-refractivity contribution >= 4 is 57.0 Å². The van der Waals surface area contributed by atoms with Crippen molar-refractivity contribution in [1.82, 2.24) is 29.0 Å². The van der Waals surface area contributed by atoms with Crippen LogP contribution < -0.4 is 15.8 Å². The number of fused-ring (bicyclic) bond motifs is 2. The summed E-state index contributed by atoms with van der Waals surface area (Å²) < 4.78 is 47.8. The van der Waals surface area contributed by atoms with Gasteiger partial charge < -0.3 is 24.4 Å². The van der Waals surface area contributed by atoms with Crippen molar-refractivity contribution < 1.29 is 27.5 Å². The molecule has 0 radical (unpaired) electrons. The summed E-state index contributed by atoms with van der Waals surface area (Å²) in [6.45, 7) is 3.64. The lowest BCUT2D eigenvalue weighted by Crippen LogP contribution is -2.51. The van der Waals surface area contributed by atoms with Crippen molar-refractivity contribution in [3.8, 4) is 0 Å². The predicted octanol–water partition coefficient (Wildman–Crippen LogP) is 5.08. The minimum absolute atomic E-state index is 0.00158. The number of nitrogens with one attached hydrogen (secondary N) is 1. The van der Waals surface area contributed by atoms with E-state index < -0.39 is 23.2 Å². The lowest BCUT2D eigenvalue weighted by Gasteiger charge is -2.37. The van der Waals surface area contributed by atoms with Gasteiger partial charge in [0, 0.05) is 37.8 Å². The van der Waals surface area contributed by atoms with E-state index in [2.05, 4.69) is 20.4 Å². The number of amides is 2. The number of aromatic nitrogens is 5. The van der Waals surface area contributed by atoms with E-state index in [1.807, 2.05) is 42.2 Å². The zero-order chi connectivity index (χ0) is 35.9. The van der Waals surface area contributed by atoms with Crippen LogP contribution in [0.4, 0.5) is 24.5 Å².